The molecule has 1 aliphatic heterocycles. The third-order valence-corrected chi connectivity index (χ3v) is 7.43. The predicted octanol–water partition coefficient (Wildman–Crippen LogP) is 5.11. The molecule has 1 aliphatic carbocycles. The van der Waals surface area contributed by atoms with Crippen LogP contribution >= 0.6 is 23.2 Å². The second kappa shape index (κ2) is 9.48. The topological polar surface area (TPSA) is 56.1 Å². The van der Waals surface area contributed by atoms with E-state index in [-0.39, 0.29) is 11.6 Å². The molecular weight excluding hydrogens is 445 g/mol. The van der Waals surface area contributed by atoms with Crippen molar-refractivity contribution in [1.82, 2.24) is 25.1 Å². The van der Waals surface area contributed by atoms with E-state index in [1.54, 1.807) is 0 Å². The molecule has 1 saturated heterocycles. The van der Waals surface area contributed by atoms with E-state index in [1.807, 2.05) is 47.1 Å². The maximum atomic E-state index is 6.70. The first-order chi connectivity index (χ1) is 15.7. The lowest BCUT2D eigenvalue weighted by atomic mass is 9.78. The van der Waals surface area contributed by atoms with Gasteiger partial charge in [0, 0.05) is 23.1 Å². The lowest BCUT2D eigenvalue weighted by Gasteiger charge is -2.47. The van der Waals surface area contributed by atoms with Crippen LogP contribution in [0.2, 0.25) is 10.0 Å². The minimum absolute atomic E-state index is 0.197. The first kappa shape index (κ1) is 21.8. The minimum Gasteiger partial charge on any atom is -0.379 e. The highest BCUT2D eigenvalue weighted by atomic mass is 35.5. The summed E-state index contributed by atoms with van der Waals surface area (Å²) in [6.45, 7) is 3.28. The standard InChI is InChI=1S/C24H27Cl2N5O/c25-19-10-8-18(9-11-19)22(20-6-2-3-7-21(20)26)31-23(27-28-29-31)24(12-4-1-5-13-24)30-14-16-32-17-15-30/h2-3,6-11,22H,1,4-5,12-17H2/t22-/m0/s1. The number of halogens is 2. The Labute approximate surface area is 198 Å². The largest absolute Gasteiger partial charge is 0.379 e. The molecule has 6 nitrogen and oxygen atoms in total. The van der Waals surface area contributed by atoms with E-state index < -0.39 is 0 Å². The van der Waals surface area contributed by atoms with Crippen molar-refractivity contribution in [2.45, 2.75) is 43.7 Å². The average molecular weight is 472 g/mol. The van der Waals surface area contributed by atoms with Gasteiger partial charge in [0.25, 0.3) is 0 Å². The second-order valence-electron chi connectivity index (χ2n) is 8.61. The van der Waals surface area contributed by atoms with Crippen molar-refractivity contribution in [1.29, 1.82) is 0 Å². The fraction of sp³-hybridized carbons (Fsp3) is 0.458. The molecule has 1 aromatic heterocycles. The van der Waals surface area contributed by atoms with Crippen LogP contribution in [0.3, 0.4) is 0 Å². The molecule has 168 valence electrons. The van der Waals surface area contributed by atoms with Crippen LogP contribution in [0.4, 0.5) is 0 Å². The lowest BCUT2D eigenvalue weighted by molar-refractivity contribution is -0.0462. The smallest absolute Gasteiger partial charge is 0.172 e. The zero-order chi connectivity index (χ0) is 22.0. The normalized spacial score (nSPS) is 20.2. The molecule has 0 amide bonds. The first-order valence-corrected chi connectivity index (χ1v) is 12.1. The molecule has 0 N–H and O–H groups in total. The van der Waals surface area contributed by atoms with E-state index in [1.165, 1.54) is 19.3 Å². The number of hydrogen-bond acceptors (Lipinski definition) is 5. The highest BCUT2D eigenvalue weighted by molar-refractivity contribution is 6.31. The number of hydrogen-bond donors (Lipinski definition) is 0. The van der Waals surface area contributed by atoms with Crippen LogP contribution in [0, 0.1) is 0 Å². The maximum Gasteiger partial charge on any atom is 0.172 e. The van der Waals surface area contributed by atoms with Crippen LogP contribution in [0.5, 0.6) is 0 Å². The summed E-state index contributed by atoms with van der Waals surface area (Å²) in [7, 11) is 0. The van der Waals surface area contributed by atoms with E-state index in [0.29, 0.717) is 10.0 Å². The number of morpholine rings is 1. The Morgan fingerprint density at radius 1 is 0.906 bits per heavy atom. The van der Waals surface area contributed by atoms with Crippen molar-refractivity contribution in [3.05, 3.63) is 75.5 Å². The molecule has 0 bridgehead atoms. The molecule has 2 fully saturated rings. The van der Waals surface area contributed by atoms with E-state index in [9.17, 15) is 0 Å². The van der Waals surface area contributed by atoms with Crippen molar-refractivity contribution in [3.8, 4) is 0 Å². The van der Waals surface area contributed by atoms with E-state index in [2.05, 4.69) is 26.5 Å². The summed E-state index contributed by atoms with van der Waals surface area (Å²) >= 11 is 12.9. The van der Waals surface area contributed by atoms with Crippen LogP contribution in [-0.4, -0.2) is 51.4 Å². The molecule has 32 heavy (non-hydrogen) atoms. The van der Waals surface area contributed by atoms with Crippen LogP contribution in [0.15, 0.2) is 48.5 Å². The lowest BCUT2D eigenvalue weighted by Crippen LogP contribution is -2.53. The fourth-order valence-corrected chi connectivity index (χ4v) is 5.64. The third-order valence-electron chi connectivity index (χ3n) is 6.84. The van der Waals surface area contributed by atoms with E-state index in [4.69, 9.17) is 27.9 Å². The molecule has 5 rings (SSSR count). The van der Waals surface area contributed by atoms with Gasteiger partial charge in [-0.3, -0.25) is 4.90 Å². The molecule has 8 heteroatoms. The molecule has 0 radical (unpaired) electrons. The van der Waals surface area contributed by atoms with Gasteiger partial charge in [-0.2, -0.15) is 0 Å². The number of ether oxygens (including phenoxy) is 1. The van der Waals surface area contributed by atoms with Crippen LogP contribution in [-0.2, 0) is 10.3 Å². The van der Waals surface area contributed by atoms with Gasteiger partial charge >= 0.3 is 0 Å². The highest BCUT2D eigenvalue weighted by Crippen LogP contribution is 2.44. The Morgan fingerprint density at radius 3 is 2.34 bits per heavy atom. The molecule has 0 unspecified atom stereocenters. The van der Waals surface area contributed by atoms with Gasteiger partial charge in [0.1, 0.15) is 6.04 Å². The molecular formula is C24H27Cl2N5O. The van der Waals surface area contributed by atoms with Crippen molar-refractivity contribution in [3.63, 3.8) is 0 Å². The van der Waals surface area contributed by atoms with Crippen LogP contribution in [0.1, 0.15) is 55.1 Å². The summed E-state index contributed by atoms with van der Waals surface area (Å²) in [6, 6.07) is 15.6. The minimum atomic E-state index is -0.245. The summed E-state index contributed by atoms with van der Waals surface area (Å²) in [5.41, 5.74) is 1.82. The summed E-state index contributed by atoms with van der Waals surface area (Å²) in [5, 5.41) is 14.8. The average Bonchev–Trinajstić information content (AvgIpc) is 3.33. The molecule has 2 heterocycles. The zero-order valence-corrected chi connectivity index (χ0v) is 19.5. The quantitative estimate of drug-likeness (QED) is 0.517. The molecule has 3 aromatic rings. The number of nitrogens with zero attached hydrogens (tertiary/aromatic N) is 5. The van der Waals surface area contributed by atoms with Gasteiger partial charge in [-0.05, 0) is 52.6 Å². The van der Waals surface area contributed by atoms with Gasteiger partial charge < -0.3 is 4.74 Å². The highest BCUT2D eigenvalue weighted by Gasteiger charge is 2.45. The van der Waals surface area contributed by atoms with Gasteiger partial charge in [-0.1, -0.05) is 72.8 Å². The summed E-state index contributed by atoms with van der Waals surface area (Å²) in [6.07, 6.45) is 5.68. The van der Waals surface area contributed by atoms with E-state index in [0.717, 1.165) is 56.1 Å². The maximum absolute atomic E-state index is 6.70. The summed E-state index contributed by atoms with van der Waals surface area (Å²) in [5.74, 6) is 0.916. The Kier molecular flexibility index (Phi) is 6.47. The monoisotopic (exact) mass is 471 g/mol. The SMILES string of the molecule is Clc1ccc([C@@H](c2ccccc2Cl)n2nnnc2C2(N3CCOCC3)CCCCC2)cc1. The van der Waals surface area contributed by atoms with Crippen molar-refractivity contribution >= 4 is 23.2 Å². The fourth-order valence-electron chi connectivity index (χ4n) is 5.28. The molecule has 1 atom stereocenters. The Balaban J connectivity index is 1.66. The van der Waals surface area contributed by atoms with E-state index >= 15 is 0 Å². The van der Waals surface area contributed by atoms with Crippen molar-refractivity contribution in [2.75, 3.05) is 26.3 Å². The van der Waals surface area contributed by atoms with Gasteiger partial charge in [0.15, 0.2) is 5.82 Å². The Morgan fingerprint density at radius 2 is 1.62 bits per heavy atom. The summed E-state index contributed by atoms with van der Waals surface area (Å²) < 4.78 is 7.66. The van der Waals surface area contributed by atoms with Crippen molar-refractivity contribution in [2.24, 2.45) is 0 Å². The van der Waals surface area contributed by atoms with Crippen molar-refractivity contribution < 1.29 is 4.74 Å². The molecule has 2 aromatic carbocycles. The van der Waals surface area contributed by atoms with Gasteiger partial charge in [-0.25, -0.2) is 4.68 Å². The number of rotatable bonds is 5. The predicted molar refractivity (Wildman–Crippen MR) is 125 cm³/mol. The molecule has 1 saturated carbocycles. The Bertz CT molecular complexity index is 1040. The van der Waals surface area contributed by atoms with Gasteiger partial charge in [-0.15, -0.1) is 5.10 Å². The molecule has 0 spiro atoms. The number of aromatic nitrogens is 4. The van der Waals surface area contributed by atoms with Gasteiger partial charge in [0.05, 0.1) is 18.8 Å². The van der Waals surface area contributed by atoms with Crippen LogP contribution < -0.4 is 0 Å². The van der Waals surface area contributed by atoms with Crippen LogP contribution in [0.25, 0.3) is 0 Å². The first-order valence-electron chi connectivity index (χ1n) is 11.3. The summed E-state index contributed by atoms with van der Waals surface area (Å²) in [4.78, 5) is 2.55. The molecule has 2 aliphatic rings. The third kappa shape index (κ3) is 4.05. The Hall–Kier alpha value is -1.99. The second-order valence-corrected chi connectivity index (χ2v) is 9.46. The number of tetrazole rings is 1. The number of benzene rings is 2. The zero-order valence-electron chi connectivity index (χ0n) is 18.0. The van der Waals surface area contributed by atoms with Gasteiger partial charge in [0.2, 0.25) is 0 Å².